The molecule has 0 bridgehead atoms. The minimum absolute atomic E-state index is 0.0602. The van der Waals surface area contributed by atoms with Crippen LogP contribution in [0, 0.1) is 0 Å². The maximum atomic E-state index is 11.0. The van der Waals surface area contributed by atoms with Gasteiger partial charge in [0.1, 0.15) is 5.60 Å². The van der Waals surface area contributed by atoms with E-state index in [1.54, 1.807) is 34.6 Å². The van der Waals surface area contributed by atoms with Crippen molar-refractivity contribution in [1.82, 2.24) is 5.32 Å². The molecule has 0 rings (SSSR count). The third-order valence-electron chi connectivity index (χ3n) is 1.32. The molecule has 2 atom stereocenters. The van der Waals surface area contributed by atoms with Gasteiger partial charge in [-0.25, -0.2) is 4.79 Å². The molecule has 0 spiro atoms. The predicted octanol–water partition coefficient (Wildman–Crippen LogP) is 0.218. The first-order valence-corrected chi connectivity index (χ1v) is 5.59. The Hall–Kier alpha value is -0.850. The topological polar surface area (TPSA) is 105 Å². The lowest BCUT2D eigenvalue weighted by molar-refractivity contribution is 0.0489. The van der Waals surface area contributed by atoms with E-state index in [1.165, 1.54) is 0 Å². The average Bonchev–Trinajstić information content (AvgIpc) is 2.15. The van der Waals surface area contributed by atoms with Crippen molar-refractivity contribution in [1.29, 1.82) is 0 Å². The highest BCUT2D eigenvalue weighted by Gasteiger charge is 2.16. The quantitative estimate of drug-likeness (QED) is 0.573. The third-order valence-corrected chi connectivity index (χ3v) is 1.32. The van der Waals surface area contributed by atoms with Crippen LogP contribution in [0.3, 0.4) is 0 Å². The van der Waals surface area contributed by atoms with E-state index in [2.05, 4.69) is 5.32 Å². The molecule has 0 aromatic rings. The molecule has 0 radical (unpaired) electrons. The van der Waals surface area contributed by atoms with Crippen LogP contribution in [0.25, 0.3) is 0 Å². The molecule has 0 saturated heterocycles. The standard InChI is InChI=1S/C8H17NO3.C3H9NO/c1-6(5-10)9-7(11)12-8(2,3)4;1-3(4)2-5/h6,10H,5H2,1-4H3,(H,9,11);3,5H,2,4H2,1H3/t6-;3-/m11/s1. The van der Waals surface area contributed by atoms with Crippen LogP contribution in [0.5, 0.6) is 0 Å². The van der Waals surface area contributed by atoms with Crippen molar-refractivity contribution in [3.8, 4) is 0 Å². The first-order valence-electron chi connectivity index (χ1n) is 5.59. The van der Waals surface area contributed by atoms with Crippen LogP contribution in [-0.4, -0.2) is 47.2 Å². The zero-order chi connectivity index (χ0) is 14.1. The van der Waals surface area contributed by atoms with Gasteiger partial charge in [-0.2, -0.15) is 0 Å². The molecule has 0 unspecified atom stereocenters. The zero-order valence-electron chi connectivity index (χ0n) is 11.4. The van der Waals surface area contributed by atoms with E-state index in [0.29, 0.717) is 0 Å². The molecule has 0 aliphatic heterocycles. The van der Waals surface area contributed by atoms with Crippen LogP contribution in [-0.2, 0) is 4.74 Å². The Morgan fingerprint density at radius 1 is 1.29 bits per heavy atom. The summed E-state index contributed by atoms with van der Waals surface area (Å²) in [4.78, 5) is 11.0. The van der Waals surface area contributed by atoms with Gasteiger partial charge in [0.05, 0.1) is 19.3 Å². The highest BCUT2D eigenvalue weighted by Crippen LogP contribution is 2.06. The summed E-state index contributed by atoms with van der Waals surface area (Å²) in [7, 11) is 0. The molecular weight excluding hydrogens is 224 g/mol. The Balaban J connectivity index is 0. The van der Waals surface area contributed by atoms with Crippen molar-refractivity contribution in [3.63, 3.8) is 0 Å². The van der Waals surface area contributed by atoms with Gasteiger partial charge in [-0.3, -0.25) is 0 Å². The number of hydrogen-bond acceptors (Lipinski definition) is 5. The first kappa shape index (κ1) is 18.5. The van der Waals surface area contributed by atoms with Crippen molar-refractivity contribution >= 4 is 6.09 Å². The summed E-state index contributed by atoms with van der Waals surface area (Å²) in [6.45, 7) is 8.81. The summed E-state index contributed by atoms with van der Waals surface area (Å²) in [6.07, 6.45) is -0.496. The molecule has 0 fully saturated rings. The van der Waals surface area contributed by atoms with Gasteiger partial charge in [0, 0.05) is 6.04 Å². The van der Waals surface area contributed by atoms with E-state index in [9.17, 15) is 4.79 Å². The molecule has 0 aromatic carbocycles. The van der Waals surface area contributed by atoms with Gasteiger partial charge in [-0.1, -0.05) is 0 Å². The molecule has 0 heterocycles. The molecule has 0 aromatic heterocycles. The van der Waals surface area contributed by atoms with Gasteiger partial charge in [-0.05, 0) is 34.6 Å². The van der Waals surface area contributed by atoms with Crippen LogP contribution in [0.2, 0.25) is 0 Å². The van der Waals surface area contributed by atoms with E-state index in [0.717, 1.165) is 0 Å². The smallest absolute Gasteiger partial charge is 0.407 e. The number of hydrogen-bond donors (Lipinski definition) is 4. The Morgan fingerprint density at radius 3 is 1.94 bits per heavy atom. The second-order valence-corrected chi connectivity index (χ2v) is 4.89. The Kier molecular flexibility index (Phi) is 10.0. The van der Waals surface area contributed by atoms with Crippen molar-refractivity contribution in [3.05, 3.63) is 0 Å². The predicted molar refractivity (Wildman–Crippen MR) is 66.7 cm³/mol. The number of rotatable bonds is 3. The molecule has 6 heteroatoms. The summed E-state index contributed by atoms with van der Waals surface area (Å²) >= 11 is 0. The SMILES string of the molecule is C[C@@H](N)CO.C[C@H](CO)NC(=O)OC(C)(C)C. The summed E-state index contributed by atoms with van der Waals surface area (Å²) in [5.41, 5.74) is 4.55. The lowest BCUT2D eigenvalue weighted by atomic mass is 10.2. The van der Waals surface area contributed by atoms with Gasteiger partial charge in [0.25, 0.3) is 0 Å². The third kappa shape index (κ3) is 17.7. The van der Waals surface area contributed by atoms with Crippen molar-refractivity contribution in [2.45, 2.75) is 52.3 Å². The number of nitrogens with one attached hydrogen (secondary N) is 1. The lowest BCUT2D eigenvalue weighted by Crippen LogP contribution is -2.39. The minimum Gasteiger partial charge on any atom is -0.444 e. The van der Waals surface area contributed by atoms with Crippen LogP contribution < -0.4 is 11.1 Å². The maximum Gasteiger partial charge on any atom is 0.407 e. The van der Waals surface area contributed by atoms with E-state index in [1.807, 2.05) is 0 Å². The fourth-order valence-electron chi connectivity index (χ4n) is 0.554. The van der Waals surface area contributed by atoms with Crippen LogP contribution in [0.1, 0.15) is 34.6 Å². The minimum atomic E-state index is -0.496. The number of alkyl carbamates (subject to hydrolysis) is 1. The van der Waals surface area contributed by atoms with Gasteiger partial charge in [0.2, 0.25) is 0 Å². The Morgan fingerprint density at radius 2 is 1.71 bits per heavy atom. The molecular formula is C11H26N2O4. The van der Waals surface area contributed by atoms with Crippen molar-refractivity contribution in [2.24, 2.45) is 5.73 Å². The van der Waals surface area contributed by atoms with Gasteiger partial charge in [0.15, 0.2) is 0 Å². The monoisotopic (exact) mass is 250 g/mol. The summed E-state index contributed by atoms with van der Waals surface area (Å²) in [6, 6.07) is -0.324. The Labute approximate surface area is 103 Å². The van der Waals surface area contributed by atoms with Crippen LogP contribution >= 0.6 is 0 Å². The van der Waals surface area contributed by atoms with Crippen molar-refractivity contribution in [2.75, 3.05) is 13.2 Å². The van der Waals surface area contributed by atoms with Crippen LogP contribution in [0.15, 0.2) is 0 Å². The van der Waals surface area contributed by atoms with E-state index in [-0.39, 0.29) is 25.3 Å². The molecule has 0 aliphatic carbocycles. The number of nitrogens with two attached hydrogens (primary N) is 1. The van der Waals surface area contributed by atoms with Crippen LogP contribution in [0.4, 0.5) is 4.79 Å². The number of aliphatic hydroxyl groups is 2. The molecule has 1 amide bonds. The molecule has 5 N–H and O–H groups in total. The van der Waals surface area contributed by atoms with Gasteiger partial charge >= 0.3 is 6.09 Å². The number of carbonyl (C=O) groups excluding carboxylic acids is 1. The molecule has 6 nitrogen and oxygen atoms in total. The molecule has 17 heavy (non-hydrogen) atoms. The second-order valence-electron chi connectivity index (χ2n) is 4.89. The van der Waals surface area contributed by atoms with Gasteiger partial charge in [-0.15, -0.1) is 0 Å². The van der Waals surface area contributed by atoms with Crippen molar-refractivity contribution < 1.29 is 19.7 Å². The first-order chi connectivity index (χ1) is 7.62. The fraction of sp³-hybridized carbons (Fsp3) is 0.909. The largest absolute Gasteiger partial charge is 0.444 e. The lowest BCUT2D eigenvalue weighted by Gasteiger charge is -2.21. The fourth-order valence-corrected chi connectivity index (χ4v) is 0.554. The molecule has 104 valence electrons. The number of ether oxygens (including phenoxy) is 1. The number of amides is 1. The van der Waals surface area contributed by atoms with E-state index in [4.69, 9.17) is 20.7 Å². The number of carbonyl (C=O) groups is 1. The Bertz CT molecular complexity index is 202. The van der Waals surface area contributed by atoms with E-state index < -0.39 is 11.7 Å². The summed E-state index contributed by atoms with van der Waals surface area (Å²) < 4.78 is 4.95. The van der Waals surface area contributed by atoms with E-state index >= 15 is 0 Å². The highest BCUT2D eigenvalue weighted by molar-refractivity contribution is 5.67. The zero-order valence-corrected chi connectivity index (χ0v) is 11.4. The maximum absolute atomic E-state index is 11.0. The number of aliphatic hydroxyl groups excluding tert-OH is 2. The molecule has 0 aliphatic rings. The normalized spacial score (nSPS) is 14.1. The van der Waals surface area contributed by atoms with Gasteiger partial charge < -0.3 is 26.0 Å². The highest BCUT2D eigenvalue weighted by atomic mass is 16.6. The summed E-state index contributed by atoms with van der Waals surface area (Å²) in [5.74, 6) is 0. The second kappa shape index (κ2) is 9.21. The summed E-state index contributed by atoms with van der Waals surface area (Å²) in [5, 5.41) is 19.1. The molecule has 0 saturated carbocycles. The average molecular weight is 250 g/mol.